The van der Waals surface area contributed by atoms with E-state index < -0.39 is 5.91 Å². The second-order valence-corrected chi connectivity index (χ2v) is 7.73. The first-order chi connectivity index (χ1) is 8.25. The van der Waals surface area contributed by atoms with Crippen molar-refractivity contribution >= 4 is 85.6 Å². The molecule has 2 N–H and O–H groups in total. The first kappa shape index (κ1) is 16.9. The SMILES string of the molecule is CC(=CC(Br)c1cc(Br)c(Br)c(Br)c1Br)C(N)=O. The van der Waals surface area contributed by atoms with Crippen molar-refractivity contribution in [3.05, 3.63) is 41.2 Å². The zero-order chi connectivity index (χ0) is 14.0. The van der Waals surface area contributed by atoms with Crippen LogP contribution in [0.3, 0.4) is 0 Å². The molecule has 0 aliphatic heterocycles. The van der Waals surface area contributed by atoms with Gasteiger partial charge in [0.05, 0.1) is 4.83 Å². The quantitative estimate of drug-likeness (QED) is 0.219. The van der Waals surface area contributed by atoms with Gasteiger partial charge in [-0.2, -0.15) is 0 Å². The summed E-state index contributed by atoms with van der Waals surface area (Å²) in [7, 11) is 0. The lowest BCUT2D eigenvalue weighted by molar-refractivity contribution is -0.114. The third-order valence-corrected chi connectivity index (χ3v) is 7.66. The lowest BCUT2D eigenvalue weighted by atomic mass is 10.1. The minimum Gasteiger partial charge on any atom is -0.366 e. The van der Waals surface area contributed by atoms with Gasteiger partial charge >= 0.3 is 0 Å². The first-order valence-electron chi connectivity index (χ1n) is 4.70. The van der Waals surface area contributed by atoms with Crippen molar-refractivity contribution in [1.29, 1.82) is 0 Å². The molecule has 0 aliphatic carbocycles. The van der Waals surface area contributed by atoms with Gasteiger partial charge in [0.1, 0.15) is 0 Å². The number of carbonyl (C=O) groups is 1. The zero-order valence-corrected chi connectivity index (χ0v) is 17.0. The standard InChI is InChI=1S/C11H8Br5NO/c1-4(11(17)18)2-6(12)5-3-7(13)9(15)10(16)8(5)14/h2-3,6H,1H3,(H2,17,18). The molecule has 1 atom stereocenters. The summed E-state index contributed by atoms with van der Waals surface area (Å²) in [5, 5.41) is 0. The highest BCUT2D eigenvalue weighted by Crippen LogP contribution is 2.43. The number of hydrogen-bond donors (Lipinski definition) is 1. The third kappa shape index (κ3) is 3.91. The van der Waals surface area contributed by atoms with Crippen molar-refractivity contribution in [2.75, 3.05) is 0 Å². The third-order valence-electron chi connectivity index (χ3n) is 2.21. The maximum Gasteiger partial charge on any atom is 0.244 e. The molecule has 0 bridgehead atoms. The molecule has 0 spiro atoms. The largest absolute Gasteiger partial charge is 0.366 e. The van der Waals surface area contributed by atoms with Crippen LogP contribution in [0.5, 0.6) is 0 Å². The summed E-state index contributed by atoms with van der Waals surface area (Å²) < 4.78 is 3.66. The highest BCUT2D eigenvalue weighted by atomic mass is 79.9. The number of benzene rings is 1. The second-order valence-electron chi connectivity index (χ2n) is 3.51. The fourth-order valence-corrected chi connectivity index (χ4v) is 4.54. The second kappa shape index (κ2) is 7.02. The van der Waals surface area contributed by atoms with Crippen LogP contribution in [0.1, 0.15) is 17.3 Å². The summed E-state index contributed by atoms with van der Waals surface area (Å²) in [5.74, 6) is -0.425. The molecule has 1 aromatic carbocycles. The number of primary amides is 1. The van der Waals surface area contributed by atoms with E-state index in [0.717, 1.165) is 23.5 Å². The molecule has 0 aromatic heterocycles. The molecule has 0 saturated heterocycles. The van der Waals surface area contributed by atoms with E-state index in [1.807, 2.05) is 6.07 Å². The lowest BCUT2D eigenvalue weighted by Gasteiger charge is -2.13. The normalized spacial score (nSPS) is 13.6. The fourth-order valence-electron chi connectivity index (χ4n) is 1.18. The zero-order valence-electron chi connectivity index (χ0n) is 9.11. The van der Waals surface area contributed by atoms with Crippen LogP contribution in [0.4, 0.5) is 0 Å². The molecule has 1 amide bonds. The van der Waals surface area contributed by atoms with Gasteiger partial charge in [-0.05, 0) is 82.3 Å². The number of alkyl halides is 1. The van der Waals surface area contributed by atoms with Crippen molar-refractivity contribution in [3.8, 4) is 0 Å². The Bertz CT molecular complexity index is 527. The molecular formula is C11H8Br5NO. The number of rotatable bonds is 3. The number of halogens is 5. The molecule has 1 unspecified atom stereocenters. The molecule has 0 saturated carbocycles. The minimum absolute atomic E-state index is 0.111. The van der Waals surface area contributed by atoms with E-state index in [9.17, 15) is 4.79 Å². The molecule has 1 aromatic rings. The van der Waals surface area contributed by atoms with Gasteiger partial charge in [0.2, 0.25) is 5.91 Å². The van der Waals surface area contributed by atoms with Crippen LogP contribution < -0.4 is 5.73 Å². The van der Waals surface area contributed by atoms with E-state index in [4.69, 9.17) is 5.73 Å². The Balaban J connectivity index is 3.27. The van der Waals surface area contributed by atoms with E-state index in [-0.39, 0.29) is 4.83 Å². The Kier molecular flexibility index (Phi) is 6.58. The highest BCUT2D eigenvalue weighted by Gasteiger charge is 2.16. The Morgan fingerprint density at radius 3 is 2.28 bits per heavy atom. The maximum absolute atomic E-state index is 11.0. The van der Waals surface area contributed by atoms with E-state index in [0.29, 0.717) is 5.57 Å². The van der Waals surface area contributed by atoms with Gasteiger partial charge in [-0.1, -0.05) is 22.0 Å². The molecule has 0 radical (unpaired) electrons. The summed E-state index contributed by atoms with van der Waals surface area (Å²) in [6.07, 6.45) is 1.77. The van der Waals surface area contributed by atoms with E-state index in [1.165, 1.54) is 0 Å². The number of carbonyl (C=O) groups excluding carboxylic acids is 1. The average Bonchev–Trinajstić information content (AvgIpc) is 2.30. The molecule has 7 heteroatoms. The summed E-state index contributed by atoms with van der Waals surface area (Å²) in [6, 6.07) is 1.96. The summed E-state index contributed by atoms with van der Waals surface area (Å²) in [6.45, 7) is 1.69. The van der Waals surface area contributed by atoms with Crippen LogP contribution in [0.25, 0.3) is 0 Å². The molecule has 1 rings (SSSR count). The number of hydrogen-bond acceptors (Lipinski definition) is 1. The Morgan fingerprint density at radius 1 is 1.22 bits per heavy atom. The molecule has 2 nitrogen and oxygen atoms in total. The van der Waals surface area contributed by atoms with E-state index in [2.05, 4.69) is 79.6 Å². The van der Waals surface area contributed by atoms with Crippen LogP contribution in [-0.2, 0) is 4.79 Å². The molecule has 0 aliphatic rings. The number of allylic oxidation sites excluding steroid dienone is 1. The smallest absolute Gasteiger partial charge is 0.244 e. The molecule has 98 valence electrons. The predicted molar refractivity (Wildman–Crippen MR) is 91.9 cm³/mol. The van der Waals surface area contributed by atoms with Crippen molar-refractivity contribution < 1.29 is 4.79 Å². The van der Waals surface area contributed by atoms with Crippen LogP contribution in [-0.4, -0.2) is 5.91 Å². The number of amides is 1. The Labute approximate surface area is 147 Å². The molecular weight excluding hydrogens is 562 g/mol. The Morgan fingerprint density at radius 2 is 1.78 bits per heavy atom. The molecule has 0 heterocycles. The molecule has 0 fully saturated rings. The highest BCUT2D eigenvalue weighted by molar-refractivity contribution is 9.15. The van der Waals surface area contributed by atoms with Gasteiger partial charge in [0.25, 0.3) is 0 Å². The maximum atomic E-state index is 11.0. The van der Waals surface area contributed by atoms with Crippen molar-refractivity contribution in [1.82, 2.24) is 0 Å². The van der Waals surface area contributed by atoms with Gasteiger partial charge < -0.3 is 5.73 Å². The van der Waals surface area contributed by atoms with Crippen molar-refractivity contribution in [2.45, 2.75) is 11.8 Å². The minimum atomic E-state index is -0.425. The van der Waals surface area contributed by atoms with Crippen LogP contribution in [0.15, 0.2) is 35.6 Å². The molecule has 18 heavy (non-hydrogen) atoms. The predicted octanol–water partition coefficient (Wildman–Crippen LogP) is 5.60. The number of nitrogens with two attached hydrogens (primary N) is 1. The van der Waals surface area contributed by atoms with Gasteiger partial charge in [0.15, 0.2) is 0 Å². The van der Waals surface area contributed by atoms with Crippen LogP contribution in [0.2, 0.25) is 0 Å². The van der Waals surface area contributed by atoms with Gasteiger partial charge in [0, 0.05) is 23.5 Å². The van der Waals surface area contributed by atoms with Gasteiger partial charge in [-0.25, -0.2) is 0 Å². The van der Waals surface area contributed by atoms with Crippen LogP contribution in [0, 0.1) is 0 Å². The van der Waals surface area contributed by atoms with E-state index in [1.54, 1.807) is 13.0 Å². The van der Waals surface area contributed by atoms with Gasteiger partial charge in [-0.3, -0.25) is 4.79 Å². The average molecular weight is 570 g/mol. The lowest BCUT2D eigenvalue weighted by Crippen LogP contribution is -2.12. The van der Waals surface area contributed by atoms with Crippen LogP contribution >= 0.6 is 79.6 Å². The van der Waals surface area contributed by atoms with Gasteiger partial charge in [-0.15, -0.1) is 0 Å². The summed E-state index contributed by atoms with van der Waals surface area (Å²) in [4.78, 5) is 10.9. The van der Waals surface area contributed by atoms with E-state index >= 15 is 0 Å². The fraction of sp³-hybridized carbons (Fsp3) is 0.182. The monoisotopic (exact) mass is 565 g/mol. The van der Waals surface area contributed by atoms with Crippen molar-refractivity contribution in [2.24, 2.45) is 5.73 Å². The topological polar surface area (TPSA) is 43.1 Å². The van der Waals surface area contributed by atoms with Crippen molar-refractivity contribution in [3.63, 3.8) is 0 Å². The first-order valence-corrected chi connectivity index (χ1v) is 8.79. The Hall–Kier alpha value is 0.830. The summed E-state index contributed by atoms with van der Waals surface area (Å²) >= 11 is 17.5. The summed E-state index contributed by atoms with van der Waals surface area (Å²) in [5.41, 5.74) is 6.72.